The van der Waals surface area contributed by atoms with Crippen molar-refractivity contribution in [1.29, 1.82) is 0 Å². The molecule has 0 spiro atoms. The molecular formula is C7H8N4S2. The second kappa shape index (κ2) is 3.80. The van der Waals surface area contributed by atoms with E-state index >= 15 is 0 Å². The standard InChI is InChI=1S/C7H8N4S2/c1-5-3-12-6(10-5)2-8-7-11-9-4-13-7/h3-4H,2H2,1H3,(H,8,11). The molecule has 0 saturated heterocycles. The molecule has 0 radical (unpaired) electrons. The Kier molecular flexibility index (Phi) is 2.51. The van der Waals surface area contributed by atoms with Crippen LogP contribution >= 0.6 is 22.7 Å². The highest BCUT2D eigenvalue weighted by molar-refractivity contribution is 7.13. The van der Waals surface area contributed by atoms with Crippen LogP contribution in [-0.4, -0.2) is 15.2 Å². The summed E-state index contributed by atoms with van der Waals surface area (Å²) in [5.41, 5.74) is 2.77. The molecule has 0 atom stereocenters. The fraction of sp³-hybridized carbons (Fsp3) is 0.286. The highest BCUT2D eigenvalue weighted by Crippen LogP contribution is 2.13. The lowest BCUT2D eigenvalue weighted by Gasteiger charge is -1.96. The number of thiazole rings is 1. The van der Waals surface area contributed by atoms with Crippen LogP contribution in [0.4, 0.5) is 5.13 Å². The Labute approximate surface area is 83.7 Å². The summed E-state index contributed by atoms with van der Waals surface area (Å²) in [5, 5.41) is 14.7. The van der Waals surface area contributed by atoms with Gasteiger partial charge in [-0.15, -0.1) is 21.5 Å². The van der Waals surface area contributed by atoms with E-state index in [9.17, 15) is 0 Å². The first-order valence-electron chi connectivity index (χ1n) is 3.75. The number of aromatic nitrogens is 3. The van der Waals surface area contributed by atoms with Crippen molar-refractivity contribution in [2.75, 3.05) is 5.32 Å². The Hall–Kier alpha value is -1.01. The first-order chi connectivity index (χ1) is 6.34. The van der Waals surface area contributed by atoms with E-state index in [0.717, 1.165) is 22.4 Å². The first kappa shape index (κ1) is 8.58. The van der Waals surface area contributed by atoms with Gasteiger partial charge in [0.15, 0.2) is 0 Å². The SMILES string of the molecule is Cc1csc(CNc2nncs2)n1. The normalized spacial score (nSPS) is 10.2. The van der Waals surface area contributed by atoms with Crippen LogP contribution in [0.3, 0.4) is 0 Å². The molecule has 0 aliphatic carbocycles. The van der Waals surface area contributed by atoms with Crippen LogP contribution in [0, 0.1) is 6.92 Å². The Balaban J connectivity index is 1.93. The molecule has 13 heavy (non-hydrogen) atoms. The quantitative estimate of drug-likeness (QED) is 0.844. The molecule has 0 bridgehead atoms. The molecule has 0 unspecified atom stereocenters. The molecule has 0 amide bonds. The number of nitrogens with zero attached hydrogens (tertiary/aromatic N) is 3. The van der Waals surface area contributed by atoms with E-state index in [1.54, 1.807) is 16.8 Å². The summed E-state index contributed by atoms with van der Waals surface area (Å²) in [5.74, 6) is 0. The van der Waals surface area contributed by atoms with E-state index in [2.05, 4.69) is 20.5 Å². The predicted molar refractivity (Wildman–Crippen MR) is 54.1 cm³/mol. The van der Waals surface area contributed by atoms with Gasteiger partial charge >= 0.3 is 0 Å². The Morgan fingerprint density at radius 3 is 3.00 bits per heavy atom. The lowest BCUT2D eigenvalue weighted by Crippen LogP contribution is -1.98. The van der Waals surface area contributed by atoms with E-state index in [1.165, 1.54) is 11.3 Å². The van der Waals surface area contributed by atoms with Crippen LogP contribution in [0.1, 0.15) is 10.7 Å². The maximum atomic E-state index is 4.32. The van der Waals surface area contributed by atoms with Gasteiger partial charge in [-0.25, -0.2) is 4.98 Å². The van der Waals surface area contributed by atoms with Crippen LogP contribution in [0.2, 0.25) is 0 Å². The van der Waals surface area contributed by atoms with Crippen molar-refractivity contribution in [3.8, 4) is 0 Å². The third kappa shape index (κ3) is 2.22. The molecule has 2 aromatic rings. The van der Waals surface area contributed by atoms with Gasteiger partial charge in [-0.3, -0.25) is 0 Å². The number of aryl methyl sites for hydroxylation is 1. The number of hydrogen-bond acceptors (Lipinski definition) is 6. The fourth-order valence-corrected chi connectivity index (χ4v) is 2.04. The summed E-state index contributed by atoms with van der Waals surface area (Å²) in [6.07, 6.45) is 0. The van der Waals surface area contributed by atoms with E-state index < -0.39 is 0 Å². The molecule has 2 aromatic heterocycles. The van der Waals surface area contributed by atoms with Gasteiger partial charge in [0.25, 0.3) is 0 Å². The molecule has 6 heteroatoms. The molecule has 1 N–H and O–H groups in total. The predicted octanol–water partition coefficient (Wildman–Crippen LogP) is 1.92. The topological polar surface area (TPSA) is 50.7 Å². The third-order valence-corrected chi connectivity index (χ3v) is 3.03. The molecule has 0 saturated carbocycles. The maximum Gasteiger partial charge on any atom is 0.205 e. The van der Waals surface area contributed by atoms with E-state index in [4.69, 9.17) is 0 Å². The molecule has 0 fully saturated rings. The van der Waals surface area contributed by atoms with Crippen molar-refractivity contribution in [2.45, 2.75) is 13.5 Å². The fourth-order valence-electron chi connectivity index (χ4n) is 0.885. The summed E-state index contributed by atoms with van der Waals surface area (Å²) in [7, 11) is 0. The summed E-state index contributed by atoms with van der Waals surface area (Å²) >= 11 is 3.15. The molecule has 0 aromatic carbocycles. The van der Waals surface area contributed by atoms with Crippen LogP contribution in [-0.2, 0) is 6.54 Å². The second-order valence-corrected chi connectivity index (χ2v) is 4.26. The Morgan fingerprint density at radius 1 is 1.46 bits per heavy atom. The highest BCUT2D eigenvalue weighted by Gasteiger charge is 1.99. The van der Waals surface area contributed by atoms with Crippen molar-refractivity contribution in [1.82, 2.24) is 15.2 Å². The zero-order valence-corrected chi connectivity index (χ0v) is 8.65. The molecule has 0 aliphatic rings. The monoisotopic (exact) mass is 212 g/mol. The molecule has 68 valence electrons. The largest absolute Gasteiger partial charge is 0.354 e. The number of hydrogen-bond donors (Lipinski definition) is 1. The van der Waals surface area contributed by atoms with Crippen molar-refractivity contribution in [3.05, 3.63) is 21.6 Å². The highest BCUT2D eigenvalue weighted by atomic mass is 32.1. The van der Waals surface area contributed by atoms with E-state index in [1.807, 2.05) is 12.3 Å². The first-order valence-corrected chi connectivity index (χ1v) is 5.51. The lowest BCUT2D eigenvalue weighted by molar-refractivity contribution is 1.03. The summed E-state index contributed by atoms with van der Waals surface area (Å²) in [4.78, 5) is 4.32. The Bertz CT molecular complexity index is 368. The average Bonchev–Trinajstić information content (AvgIpc) is 2.71. The maximum absolute atomic E-state index is 4.32. The smallest absolute Gasteiger partial charge is 0.205 e. The van der Waals surface area contributed by atoms with Gasteiger partial charge < -0.3 is 5.32 Å². The molecular weight excluding hydrogens is 204 g/mol. The van der Waals surface area contributed by atoms with Gasteiger partial charge in [-0.2, -0.15) is 0 Å². The summed E-state index contributed by atoms with van der Waals surface area (Å²) < 4.78 is 0. The molecule has 2 heterocycles. The van der Waals surface area contributed by atoms with E-state index in [-0.39, 0.29) is 0 Å². The minimum absolute atomic E-state index is 0.730. The number of nitrogens with one attached hydrogen (secondary N) is 1. The average molecular weight is 212 g/mol. The van der Waals surface area contributed by atoms with Gasteiger partial charge in [0.1, 0.15) is 10.5 Å². The number of anilines is 1. The van der Waals surface area contributed by atoms with Gasteiger partial charge in [-0.05, 0) is 6.92 Å². The van der Waals surface area contributed by atoms with Gasteiger partial charge in [-0.1, -0.05) is 11.3 Å². The zero-order chi connectivity index (χ0) is 9.10. The lowest BCUT2D eigenvalue weighted by atomic mass is 10.6. The minimum atomic E-state index is 0.730. The van der Waals surface area contributed by atoms with Crippen molar-refractivity contribution in [3.63, 3.8) is 0 Å². The van der Waals surface area contributed by atoms with Crippen LogP contribution in [0.5, 0.6) is 0 Å². The van der Waals surface area contributed by atoms with Gasteiger partial charge in [0, 0.05) is 11.1 Å². The van der Waals surface area contributed by atoms with Crippen molar-refractivity contribution >= 4 is 27.8 Å². The zero-order valence-electron chi connectivity index (χ0n) is 7.02. The van der Waals surface area contributed by atoms with Gasteiger partial charge in [0.05, 0.1) is 6.54 Å². The molecule has 4 nitrogen and oxygen atoms in total. The van der Waals surface area contributed by atoms with Gasteiger partial charge in [0.2, 0.25) is 5.13 Å². The van der Waals surface area contributed by atoms with Crippen molar-refractivity contribution in [2.24, 2.45) is 0 Å². The molecule has 2 rings (SSSR count). The minimum Gasteiger partial charge on any atom is -0.354 e. The van der Waals surface area contributed by atoms with Crippen molar-refractivity contribution < 1.29 is 0 Å². The van der Waals surface area contributed by atoms with Crippen LogP contribution in [0.25, 0.3) is 0 Å². The van der Waals surface area contributed by atoms with Crippen LogP contribution in [0.15, 0.2) is 10.9 Å². The summed E-state index contributed by atoms with van der Waals surface area (Å²) in [6, 6.07) is 0. The summed E-state index contributed by atoms with van der Waals surface area (Å²) in [6.45, 7) is 2.72. The Morgan fingerprint density at radius 2 is 2.38 bits per heavy atom. The van der Waals surface area contributed by atoms with E-state index in [0.29, 0.717) is 0 Å². The third-order valence-electron chi connectivity index (χ3n) is 1.42. The molecule has 0 aliphatic heterocycles. The van der Waals surface area contributed by atoms with Crippen LogP contribution < -0.4 is 5.32 Å². The number of rotatable bonds is 3. The second-order valence-electron chi connectivity index (χ2n) is 2.48.